The zero-order chi connectivity index (χ0) is 11.5. The van der Waals surface area contributed by atoms with E-state index in [4.69, 9.17) is 0 Å². The van der Waals surface area contributed by atoms with Gasteiger partial charge in [-0.1, -0.05) is 0 Å². The molecular formula is C10H9N3O3. The Balaban J connectivity index is 2.26. The lowest BCUT2D eigenvalue weighted by atomic mass is 10.2. The second-order valence-electron chi connectivity index (χ2n) is 3.13. The Morgan fingerprint density at radius 1 is 1.50 bits per heavy atom. The van der Waals surface area contributed by atoms with Crippen molar-refractivity contribution in [1.29, 1.82) is 0 Å². The number of rotatable bonds is 3. The molecule has 2 rings (SSSR count). The summed E-state index contributed by atoms with van der Waals surface area (Å²) < 4.78 is 5.88. The van der Waals surface area contributed by atoms with E-state index in [1.54, 1.807) is 18.5 Å². The largest absolute Gasteiger partial charge is 0.469 e. The van der Waals surface area contributed by atoms with Crippen LogP contribution in [0.2, 0.25) is 0 Å². The number of aromatic nitrogens is 3. The van der Waals surface area contributed by atoms with Crippen LogP contribution in [0.25, 0.3) is 5.65 Å². The highest BCUT2D eigenvalue weighted by Crippen LogP contribution is 2.05. The summed E-state index contributed by atoms with van der Waals surface area (Å²) in [6.45, 7) is 0. The van der Waals surface area contributed by atoms with Gasteiger partial charge in [-0.3, -0.25) is 9.59 Å². The summed E-state index contributed by atoms with van der Waals surface area (Å²) in [6, 6.07) is 3.24. The lowest BCUT2D eigenvalue weighted by molar-refractivity contribution is -0.139. The highest BCUT2D eigenvalue weighted by Gasteiger charge is 2.15. The van der Waals surface area contributed by atoms with Gasteiger partial charge in [-0.05, 0) is 6.07 Å². The molecule has 0 unspecified atom stereocenters. The van der Waals surface area contributed by atoms with Gasteiger partial charge in [0.15, 0.2) is 11.4 Å². The van der Waals surface area contributed by atoms with Crippen LogP contribution >= 0.6 is 0 Å². The van der Waals surface area contributed by atoms with Crippen molar-refractivity contribution in [1.82, 2.24) is 14.6 Å². The van der Waals surface area contributed by atoms with Gasteiger partial charge < -0.3 is 4.74 Å². The van der Waals surface area contributed by atoms with Crippen molar-refractivity contribution in [3.8, 4) is 0 Å². The van der Waals surface area contributed by atoms with Crippen molar-refractivity contribution < 1.29 is 14.3 Å². The Morgan fingerprint density at radius 2 is 2.31 bits per heavy atom. The molecule has 16 heavy (non-hydrogen) atoms. The van der Waals surface area contributed by atoms with E-state index < -0.39 is 5.97 Å². The Hall–Kier alpha value is -2.24. The van der Waals surface area contributed by atoms with E-state index in [0.29, 0.717) is 5.65 Å². The summed E-state index contributed by atoms with van der Waals surface area (Å²) in [5.41, 5.74) is 0.778. The molecule has 6 nitrogen and oxygen atoms in total. The van der Waals surface area contributed by atoms with Crippen molar-refractivity contribution in [3.63, 3.8) is 0 Å². The van der Waals surface area contributed by atoms with E-state index in [2.05, 4.69) is 14.8 Å². The first kappa shape index (κ1) is 10.3. The second-order valence-corrected chi connectivity index (χ2v) is 3.13. The minimum Gasteiger partial charge on any atom is -0.469 e. The highest BCUT2D eigenvalue weighted by molar-refractivity contribution is 6.05. The fourth-order valence-corrected chi connectivity index (χ4v) is 1.26. The molecule has 0 amide bonds. The van der Waals surface area contributed by atoms with E-state index in [0.717, 1.165) is 0 Å². The van der Waals surface area contributed by atoms with Crippen LogP contribution in [0.1, 0.15) is 16.9 Å². The van der Waals surface area contributed by atoms with Crippen LogP contribution in [0, 0.1) is 0 Å². The molecule has 6 heteroatoms. The van der Waals surface area contributed by atoms with Crippen LogP contribution in [0.3, 0.4) is 0 Å². The van der Waals surface area contributed by atoms with Crippen LogP contribution in [0.5, 0.6) is 0 Å². The average molecular weight is 219 g/mol. The number of Topliss-reactive ketones (excluding diaryl/α,β-unsaturated/α-hetero) is 1. The van der Waals surface area contributed by atoms with Gasteiger partial charge in [0.2, 0.25) is 0 Å². The number of carbonyl (C=O) groups is 2. The lowest BCUT2D eigenvalue weighted by Crippen LogP contribution is -2.10. The van der Waals surface area contributed by atoms with Crippen molar-refractivity contribution in [2.24, 2.45) is 0 Å². The summed E-state index contributed by atoms with van der Waals surface area (Å²) in [5.74, 6) is -0.952. The number of ketones is 1. The maximum absolute atomic E-state index is 11.6. The Labute approximate surface area is 90.9 Å². The van der Waals surface area contributed by atoms with Gasteiger partial charge in [0, 0.05) is 18.5 Å². The molecule has 2 aromatic heterocycles. The van der Waals surface area contributed by atoms with E-state index >= 15 is 0 Å². The topological polar surface area (TPSA) is 73.6 Å². The molecule has 82 valence electrons. The molecule has 0 aromatic carbocycles. The standard InChI is InChI=1S/C10H9N3O3/c1-16-10(15)6-8(14)7-5-9-11-3-2-4-13(9)12-7/h2-5H,6H2,1H3. The Kier molecular flexibility index (Phi) is 2.63. The summed E-state index contributed by atoms with van der Waals surface area (Å²) in [4.78, 5) is 26.5. The number of fused-ring (bicyclic) bond motifs is 1. The zero-order valence-corrected chi connectivity index (χ0v) is 8.58. The molecule has 0 saturated heterocycles. The first-order chi connectivity index (χ1) is 7.70. The fourth-order valence-electron chi connectivity index (χ4n) is 1.26. The third-order valence-electron chi connectivity index (χ3n) is 2.05. The maximum atomic E-state index is 11.6. The van der Waals surface area contributed by atoms with E-state index in [9.17, 15) is 9.59 Å². The van der Waals surface area contributed by atoms with Crippen molar-refractivity contribution >= 4 is 17.4 Å². The molecule has 0 bridgehead atoms. The summed E-state index contributed by atoms with van der Waals surface area (Å²) >= 11 is 0. The number of nitrogens with zero attached hydrogens (tertiary/aromatic N) is 3. The van der Waals surface area contributed by atoms with Crippen LogP contribution in [0.15, 0.2) is 24.5 Å². The molecule has 0 fully saturated rings. The number of hydrogen-bond acceptors (Lipinski definition) is 5. The normalized spacial score (nSPS) is 10.3. The minimum atomic E-state index is -0.574. The third kappa shape index (κ3) is 1.90. The molecule has 0 saturated carbocycles. The van der Waals surface area contributed by atoms with Crippen LogP contribution < -0.4 is 0 Å². The predicted molar refractivity (Wildman–Crippen MR) is 54.0 cm³/mol. The quantitative estimate of drug-likeness (QED) is 0.426. The van der Waals surface area contributed by atoms with Crippen LogP contribution in [-0.4, -0.2) is 33.5 Å². The van der Waals surface area contributed by atoms with E-state index in [1.807, 2.05) is 0 Å². The van der Waals surface area contributed by atoms with Crippen LogP contribution in [-0.2, 0) is 9.53 Å². The molecule has 0 atom stereocenters. The highest BCUT2D eigenvalue weighted by atomic mass is 16.5. The number of hydrogen-bond donors (Lipinski definition) is 0. The zero-order valence-electron chi connectivity index (χ0n) is 8.58. The lowest BCUT2D eigenvalue weighted by Gasteiger charge is -1.94. The molecule has 2 heterocycles. The summed E-state index contributed by atoms with van der Waals surface area (Å²) in [7, 11) is 1.24. The average Bonchev–Trinajstić information content (AvgIpc) is 2.72. The SMILES string of the molecule is COC(=O)CC(=O)c1cc2ncccn2n1. The Morgan fingerprint density at radius 3 is 3.00 bits per heavy atom. The van der Waals surface area contributed by atoms with Crippen molar-refractivity contribution in [2.45, 2.75) is 6.42 Å². The third-order valence-corrected chi connectivity index (χ3v) is 2.05. The smallest absolute Gasteiger partial charge is 0.313 e. The molecular weight excluding hydrogens is 210 g/mol. The minimum absolute atomic E-state index is 0.212. The molecule has 0 aliphatic carbocycles. The number of ether oxygens (including phenoxy) is 1. The summed E-state index contributed by atoms with van der Waals surface area (Å²) in [5, 5.41) is 4.00. The van der Waals surface area contributed by atoms with Gasteiger partial charge in [0.1, 0.15) is 12.1 Å². The fraction of sp³-hybridized carbons (Fsp3) is 0.200. The van der Waals surface area contributed by atoms with Gasteiger partial charge >= 0.3 is 5.97 Å². The molecule has 0 aliphatic heterocycles. The molecule has 2 aromatic rings. The number of carbonyl (C=O) groups excluding carboxylic acids is 2. The first-order valence-corrected chi connectivity index (χ1v) is 4.61. The summed E-state index contributed by atoms with van der Waals surface area (Å²) in [6.07, 6.45) is 2.98. The van der Waals surface area contributed by atoms with E-state index in [-0.39, 0.29) is 17.9 Å². The first-order valence-electron chi connectivity index (χ1n) is 4.61. The van der Waals surface area contributed by atoms with Gasteiger partial charge in [0.25, 0.3) is 0 Å². The predicted octanol–water partition coefficient (Wildman–Crippen LogP) is 0.475. The number of esters is 1. The Bertz CT molecular complexity index is 514. The van der Waals surface area contributed by atoms with E-state index in [1.165, 1.54) is 17.7 Å². The second kappa shape index (κ2) is 4.09. The number of methoxy groups -OCH3 is 1. The van der Waals surface area contributed by atoms with Gasteiger partial charge in [0.05, 0.1) is 7.11 Å². The van der Waals surface area contributed by atoms with Gasteiger partial charge in [-0.2, -0.15) is 5.10 Å². The molecule has 0 N–H and O–H groups in total. The maximum Gasteiger partial charge on any atom is 0.313 e. The van der Waals surface area contributed by atoms with Gasteiger partial charge in [-0.15, -0.1) is 0 Å². The molecule has 0 aliphatic rings. The van der Waals surface area contributed by atoms with Crippen LogP contribution in [0.4, 0.5) is 0 Å². The monoisotopic (exact) mass is 219 g/mol. The van der Waals surface area contributed by atoms with Gasteiger partial charge in [-0.25, -0.2) is 9.50 Å². The van der Waals surface area contributed by atoms with Crippen molar-refractivity contribution in [3.05, 3.63) is 30.2 Å². The van der Waals surface area contributed by atoms with Crippen molar-refractivity contribution in [2.75, 3.05) is 7.11 Å². The molecule has 0 spiro atoms. The molecule has 0 radical (unpaired) electrons.